The zero-order valence-corrected chi connectivity index (χ0v) is 16.5. The van der Waals surface area contributed by atoms with Gasteiger partial charge in [-0.05, 0) is 25.5 Å². The Hall–Kier alpha value is -1.22. The Balaban J connectivity index is 0.00000242. The van der Waals surface area contributed by atoms with E-state index in [1.54, 1.807) is 18.4 Å². The molecule has 0 aliphatic carbocycles. The summed E-state index contributed by atoms with van der Waals surface area (Å²) in [6, 6.07) is 4.01. The van der Waals surface area contributed by atoms with E-state index >= 15 is 0 Å². The second-order valence-electron chi connectivity index (χ2n) is 4.88. The number of guanidine groups is 1. The third-order valence-electron chi connectivity index (χ3n) is 3.17. The number of hydrogen-bond donors (Lipinski definition) is 1. The van der Waals surface area contributed by atoms with Crippen LogP contribution in [0.4, 0.5) is 0 Å². The summed E-state index contributed by atoms with van der Waals surface area (Å²) in [6.07, 6.45) is 1.81. The third-order valence-corrected chi connectivity index (χ3v) is 3.99. The van der Waals surface area contributed by atoms with E-state index in [2.05, 4.69) is 43.5 Å². The van der Waals surface area contributed by atoms with Crippen LogP contribution < -0.4 is 5.32 Å². The molecular weight excluding hydrogens is 409 g/mol. The number of nitrogens with one attached hydrogen (secondary N) is 1. The summed E-state index contributed by atoms with van der Waals surface area (Å²) >= 11 is 1.67. The van der Waals surface area contributed by atoms with Gasteiger partial charge in [0.2, 0.25) is 0 Å². The smallest absolute Gasteiger partial charge is 0.194 e. The molecular formula is C15H22IN5S. The van der Waals surface area contributed by atoms with E-state index in [1.165, 1.54) is 5.56 Å². The van der Waals surface area contributed by atoms with Crippen LogP contribution in [0.3, 0.4) is 0 Å². The zero-order valence-electron chi connectivity index (χ0n) is 13.3. The van der Waals surface area contributed by atoms with E-state index in [9.17, 15) is 0 Å². The molecule has 2 heterocycles. The van der Waals surface area contributed by atoms with E-state index in [1.807, 2.05) is 26.2 Å². The maximum absolute atomic E-state index is 4.48. The topological polar surface area (TPSA) is 53.4 Å². The minimum Gasteiger partial charge on any atom is -0.351 e. The molecule has 120 valence electrons. The Morgan fingerprint density at radius 3 is 2.77 bits per heavy atom. The maximum atomic E-state index is 4.48. The van der Waals surface area contributed by atoms with Crippen LogP contribution in [0.1, 0.15) is 22.0 Å². The highest BCUT2D eigenvalue weighted by molar-refractivity contribution is 14.0. The van der Waals surface area contributed by atoms with Crippen LogP contribution in [-0.2, 0) is 13.1 Å². The first-order valence-corrected chi connectivity index (χ1v) is 7.71. The van der Waals surface area contributed by atoms with Crippen LogP contribution in [-0.4, -0.2) is 34.9 Å². The lowest BCUT2D eigenvalue weighted by molar-refractivity contribution is 0.470. The molecule has 7 heteroatoms. The molecule has 0 bridgehead atoms. The zero-order chi connectivity index (χ0) is 15.2. The van der Waals surface area contributed by atoms with E-state index < -0.39 is 0 Å². The summed E-state index contributed by atoms with van der Waals surface area (Å²) in [4.78, 5) is 15.2. The lowest BCUT2D eigenvalue weighted by Crippen LogP contribution is -2.38. The van der Waals surface area contributed by atoms with Crippen LogP contribution in [0.25, 0.3) is 0 Å². The van der Waals surface area contributed by atoms with Crippen LogP contribution in [0.5, 0.6) is 0 Å². The summed E-state index contributed by atoms with van der Waals surface area (Å²) < 4.78 is 0. The Morgan fingerprint density at radius 1 is 1.41 bits per heavy atom. The molecule has 0 amide bonds. The molecule has 0 radical (unpaired) electrons. The van der Waals surface area contributed by atoms with E-state index in [0.717, 1.165) is 28.9 Å². The molecule has 0 atom stereocenters. The summed E-state index contributed by atoms with van der Waals surface area (Å²) in [5.41, 5.74) is 3.28. The Kier molecular flexibility index (Phi) is 7.74. The number of aliphatic imine (C=N–C) groups is 1. The van der Waals surface area contributed by atoms with Gasteiger partial charge in [0, 0.05) is 25.7 Å². The molecule has 2 rings (SSSR count). The van der Waals surface area contributed by atoms with Gasteiger partial charge >= 0.3 is 0 Å². The van der Waals surface area contributed by atoms with Crippen molar-refractivity contribution in [3.05, 3.63) is 45.7 Å². The molecule has 5 nitrogen and oxygen atoms in total. The molecule has 1 N–H and O–H groups in total. The minimum absolute atomic E-state index is 0. The van der Waals surface area contributed by atoms with Crippen LogP contribution in [0.15, 0.2) is 28.7 Å². The first kappa shape index (κ1) is 18.8. The van der Waals surface area contributed by atoms with Crippen molar-refractivity contribution in [2.45, 2.75) is 26.9 Å². The number of aryl methyl sites for hydroxylation is 2. The number of rotatable bonds is 4. The monoisotopic (exact) mass is 431 g/mol. The third kappa shape index (κ3) is 5.20. The van der Waals surface area contributed by atoms with Gasteiger partial charge in [-0.2, -0.15) is 0 Å². The predicted molar refractivity (Wildman–Crippen MR) is 103 cm³/mol. The van der Waals surface area contributed by atoms with Gasteiger partial charge in [0.1, 0.15) is 0 Å². The molecule has 0 aliphatic heterocycles. The second kappa shape index (κ2) is 9.04. The van der Waals surface area contributed by atoms with E-state index in [0.29, 0.717) is 6.54 Å². The highest BCUT2D eigenvalue weighted by Gasteiger charge is 2.09. The van der Waals surface area contributed by atoms with Crippen molar-refractivity contribution in [1.29, 1.82) is 0 Å². The minimum atomic E-state index is 0. The first-order valence-electron chi connectivity index (χ1n) is 6.83. The average Bonchev–Trinajstić information content (AvgIpc) is 2.86. The molecule has 22 heavy (non-hydrogen) atoms. The van der Waals surface area contributed by atoms with Crippen molar-refractivity contribution in [1.82, 2.24) is 20.2 Å². The number of thiazole rings is 1. The Bertz CT molecular complexity index is 626. The van der Waals surface area contributed by atoms with E-state index in [4.69, 9.17) is 0 Å². The van der Waals surface area contributed by atoms with Gasteiger partial charge in [-0.1, -0.05) is 6.07 Å². The lowest BCUT2D eigenvalue weighted by Gasteiger charge is -2.21. The first-order chi connectivity index (χ1) is 10.1. The standard InChI is InChI=1S/C15H21N5S.HI/c1-11-6-5-7-17-14(11)8-18-15(16-3)20(4)9-13-10-21-12(2)19-13;/h5-7,10H,8-9H2,1-4H3,(H,16,18);1H. The number of hydrogen-bond acceptors (Lipinski definition) is 4. The summed E-state index contributed by atoms with van der Waals surface area (Å²) in [6.45, 7) is 5.49. The molecule has 2 aromatic heterocycles. The molecule has 0 aliphatic rings. The number of nitrogens with zero attached hydrogens (tertiary/aromatic N) is 4. The van der Waals surface area contributed by atoms with Crippen molar-refractivity contribution >= 4 is 41.3 Å². The van der Waals surface area contributed by atoms with Crippen molar-refractivity contribution in [2.75, 3.05) is 14.1 Å². The van der Waals surface area contributed by atoms with Crippen LogP contribution in [0, 0.1) is 13.8 Å². The fourth-order valence-electron chi connectivity index (χ4n) is 2.05. The number of aromatic nitrogens is 2. The van der Waals surface area contributed by atoms with Crippen molar-refractivity contribution < 1.29 is 0 Å². The van der Waals surface area contributed by atoms with Crippen molar-refractivity contribution in [2.24, 2.45) is 4.99 Å². The highest BCUT2D eigenvalue weighted by atomic mass is 127. The summed E-state index contributed by atoms with van der Waals surface area (Å²) in [5, 5.41) is 6.52. The average molecular weight is 431 g/mol. The fourth-order valence-corrected chi connectivity index (χ4v) is 2.65. The molecule has 0 unspecified atom stereocenters. The Labute approximate surface area is 152 Å². The van der Waals surface area contributed by atoms with Gasteiger partial charge in [0.25, 0.3) is 0 Å². The fraction of sp³-hybridized carbons (Fsp3) is 0.400. The van der Waals surface area contributed by atoms with Gasteiger partial charge in [0.05, 0.1) is 29.5 Å². The maximum Gasteiger partial charge on any atom is 0.194 e. The van der Waals surface area contributed by atoms with E-state index in [-0.39, 0.29) is 24.0 Å². The molecule has 0 saturated carbocycles. The molecule has 0 saturated heterocycles. The molecule has 0 spiro atoms. The summed E-state index contributed by atoms with van der Waals surface area (Å²) in [7, 11) is 3.80. The quantitative estimate of drug-likeness (QED) is 0.460. The van der Waals surface area contributed by atoms with Gasteiger partial charge in [0.15, 0.2) is 5.96 Å². The van der Waals surface area contributed by atoms with Gasteiger partial charge < -0.3 is 10.2 Å². The van der Waals surface area contributed by atoms with Crippen molar-refractivity contribution in [3.8, 4) is 0 Å². The Morgan fingerprint density at radius 2 is 2.18 bits per heavy atom. The number of halogens is 1. The lowest BCUT2D eigenvalue weighted by atomic mass is 10.2. The van der Waals surface area contributed by atoms with Gasteiger partial charge in [-0.25, -0.2) is 4.98 Å². The van der Waals surface area contributed by atoms with Gasteiger partial charge in [-0.3, -0.25) is 9.98 Å². The second-order valence-corrected chi connectivity index (χ2v) is 5.94. The number of pyridine rings is 1. The van der Waals surface area contributed by atoms with Crippen LogP contribution in [0.2, 0.25) is 0 Å². The SMILES string of the molecule is CN=C(NCc1ncccc1C)N(C)Cc1csc(C)n1.I. The molecule has 0 aromatic carbocycles. The predicted octanol–water partition coefficient (Wildman–Crippen LogP) is 2.98. The van der Waals surface area contributed by atoms with Crippen molar-refractivity contribution in [3.63, 3.8) is 0 Å². The molecule has 2 aromatic rings. The largest absolute Gasteiger partial charge is 0.351 e. The normalized spacial score (nSPS) is 11.0. The highest BCUT2D eigenvalue weighted by Crippen LogP contribution is 2.10. The summed E-state index contributed by atoms with van der Waals surface area (Å²) in [5.74, 6) is 0.839. The molecule has 0 fully saturated rings. The van der Waals surface area contributed by atoms with Gasteiger partial charge in [-0.15, -0.1) is 35.3 Å². The van der Waals surface area contributed by atoms with Crippen LogP contribution >= 0.6 is 35.3 Å².